The van der Waals surface area contributed by atoms with Gasteiger partial charge in [0.15, 0.2) is 0 Å². The largest absolute Gasteiger partial charge is 0.493 e. The smallest absolute Gasteiger partial charge is 0.209 e. The molecule has 0 radical (unpaired) electrons. The first-order valence-electron chi connectivity index (χ1n) is 7.65. The maximum absolute atomic E-state index is 11.4. The van der Waals surface area contributed by atoms with Crippen molar-refractivity contribution in [1.29, 1.82) is 0 Å². The molecule has 118 valence electrons. The zero-order chi connectivity index (χ0) is 15.3. The van der Waals surface area contributed by atoms with Gasteiger partial charge < -0.3 is 4.74 Å². The van der Waals surface area contributed by atoms with Crippen molar-refractivity contribution in [2.45, 2.75) is 45.4 Å². The highest BCUT2D eigenvalue weighted by Crippen LogP contribution is 2.39. The molecule has 0 bridgehead atoms. The first kappa shape index (κ1) is 16.3. The Labute approximate surface area is 127 Å². The summed E-state index contributed by atoms with van der Waals surface area (Å²) in [5.41, 5.74) is 0.986. The van der Waals surface area contributed by atoms with Crippen molar-refractivity contribution in [2.75, 3.05) is 12.4 Å². The fourth-order valence-electron chi connectivity index (χ4n) is 3.16. The third kappa shape index (κ3) is 5.00. The molecule has 5 heteroatoms. The molecule has 1 saturated carbocycles. The number of sulfonamides is 1. The van der Waals surface area contributed by atoms with Crippen molar-refractivity contribution in [3.05, 3.63) is 29.8 Å². The van der Waals surface area contributed by atoms with Crippen molar-refractivity contribution >= 4 is 10.0 Å². The Hall–Kier alpha value is -1.07. The van der Waals surface area contributed by atoms with Crippen LogP contribution in [0.25, 0.3) is 0 Å². The predicted octanol–water partition coefficient (Wildman–Crippen LogP) is 2.87. The number of primary sulfonamides is 1. The third-order valence-electron chi connectivity index (χ3n) is 4.18. The van der Waals surface area contributed by atoms with Crippen LogP contribution >= 0.6 is 0 Å². The highest BCUT2D eigenvalue weighted by molar-refractivity contribution is 7.89. The summed E-state index contributed by atoms with van der Waals surface area (Å²) < 4.78 is 28.7. The SMILES string of the molecule is CCCc1ccc(OCC2(CS(N)(=O)=O)CCCC2)cc1. The number of rotatable bonds is 7. The molecule has 1 aromatic carbocycles. The molecule has 0 aromatic heterocycles. The molecule has 0 atom stereocenters. The number of aryl methyl sites for hydroxylation is 1. The molecule has 2 N–H and O–H groups in total. The summed E-state index contributed by atoms with van der Waals surface area (Å²) in [7, 11) is -3.46. The standard InChI is InChI=1S/C16H25NO3S/c1-2-5-14-6-8-15(9-7-14)20-12-16(10-3-4-11-16)13-21(17,18)19/h6-9H,2-5,10-13H2,1H3,(H2,17,18,19). The summed E-state index contributed by atoms with van der Waals surface area (Å²) in [6, 6.07) is 8.06. The lowest BCUT2D eigenvalue weighted by molar-refractivity contribution is 0.170. The van der Waals surface area contributed by atoms with Crippen LogP contribution in [0, 0.1) is 5.41 Å². The predicted molar refractivity (Wildman–Crippen MR) is 84.8 cm³/mol. The van der Waals surface area contributed by atoms with Gasteiger partial charge in [0.1, 0.15) is 5.75 Å². The van der Waals surface area contributed by atoms with Gasteiger partial charge >= 0.3 is 0 Å². The van der Waals surface area contributed by atoms with Gasteiger partial charge in [-0.3, -0.25) is 0 Å². The van der Waals surface area contributed by atoms with Crippen LogP contribution in [0.1, 0.15) is 44.6 Å². The molecule has 0 spiro atoms. The minimum absolute atomic E-state index is 0.0217. The molecule has 0 unspecified atom stereocenters. The lowest BCUT2D eigenvalue weighted by atomic mass is 9.90. The van der Waals surface area contributed by atoms with E-state index in [-0.39, 0.29) is 11.2 Å². The molecule has 1 aliphatic carbocycles. The molecular formula is C16H25NO3S. The molecule has 0 amide bonds. The van der Waals surface area contributed by atoms with Crippen LogP contribution in [0.5, 0.6) is 5.75 Å². The highest BCUT2D eigenvalue weighted by Gasteiger charge is 2.38. The summed E-state index contributed by atoms with van der Waals surface area (Å²) in [5.74, 6) is 0.823. The van der Waals surface area contributed by atoms with Gasteiger partial charge in [0.25, 0.3) is 0 Å². The van der Waals surface area contributed by atoms with Crippen LogP contribution in [0.2, 0.25) is 0 Å². The summed E-state index contributed by atoms with van der Waals surface area (Å²) in [4.78, 5) is 0. The Bertz CT molecular complexity index is 545. The molecule has 1 fully saturated rings. The second-order valence-corrected chi connectivity index (χ2v) is 7.81. The van der Waals surface area contributed by atoms with Gasteiger partial charge in [0.05, 0.1) is 12.4 Å². The second kappa shape index (κ2) is 6.79. The summed E-state index contributed by atoms with van der Waals surface area (Å²) >= 11 is 0. The minimum Gasteiger partial charge on any atom is -0.493 e. The van der Waals surface area contributed by atoms with Crippen LogP contribution in [0.4, 0.5) is 0 Å². The molecule has 0 aliphatic heterocycles. The topological polar surface area (TPSA) is 69.4 Å². The fraction of sp³-hybridized carbons (Fsp3) is 0.625. The van der Waals surface area contributed by atoms with Crippen molar-refractivity contribution in [1.82, 2.24) is 0 Å². The first-order chi connectivity index (χ1) is 9.92. The lowest BCUT2D eigenvalue weighted by Gasteiger charge is -2.27. The van der Waals surface area contributed by atoms with Crippen molar-refractivity contribution < 1.29 is 13.2 Å². The molecular weight excluding hydrogens is 286 g/mol. The Morgan fingerprint density at radius 2 is 1.81 bits per heavy atom. The van der Waals surface area contributed by atoms with Crippen LogP contribution in [-0.4, -0.2) is 20.8 Å². The van der Waals surface area contributed by atoms with E-state index in [1.807, 2.05) is 12.1 Å². The molecule has 1 aliphatic rings. The van der Waals surface area contributed by atoms with E-state index in [1.165, 1.54) is 5.56 Å². The maximum Gasteiger partial charge on any atom is 0.209 e. The fourth-order valence-corrected chi connectivity index (χ4v) is 4.39. The zero-order valence-corrected chi connectivity index (χ0v) is 13.5. The van der Waals surface area contributed by atoms with Gasteiger partial charge in [0.2, 0.25) is 10.0 Å². The van der Waals surface area contributed by atoms with Crippen molar-refractivity contribution in [2.24, 2.45) is 10.6 Å². The van der Waals surface area contributed by atoms with Gasteiger partial charge in [0, 0.05) is 5.41 Å². The third-order valence-corrected chi connectivity index (χ3v) is 5.19. The normalized spacial score (nSPS) is 17.8. The van der Waals surface area contributed by atoms with E-state index < -0.39 is 10.0 Å². The van der Waals surface area contributed by atoms with E-state index in [4.69, 9.17) is 9.88 Å². The number of benzene rings is 1. The van der Waals surface area contributed by atoms with Crippen LogP contribution in [0.15, 0.2) is 24.3 Å². The monoisotopic (exact) mass is 311 g/mol. The second-order valence-electron chi connectivity index (χ2n) is 6.20. The minimum atomic E-state index is -3.46. The number of hydrogen-bond acceptors (Lipinski definition) is 3. The van der Waals surface area contributed by atoms with E-state index in [0.717, 1.165) is 44.3 Å². The summed E-state index contributed by atoms with van der Waals surface area (Å²) in [6.45, 7) is 2.58. The van der Waals surface area contributed by atoms with Gasteiger partial charge in [-0.25, -0.2) is 13.6 Å². The van der Waals surface area contributed by atoms with E-state index >= 15 is 0 Å². The summed E-state index contributed by atoms with van der Waals surface area (Å²) in [5, 5.41) is 5.24. The molecule has 1 aromatic rings. The van der Waals surface area contributed by atoms with Gasteiger partial charge in [-0.15, -0.1) is 0 Å². The number of nitrogens with two attached hydrogens (primary N) is 1. The number of ether oxygens (including phenoxy) is 1. The first-order valence-corrected chi connectivity index (χ1v) is 9.36. The van der Waals surface area contributed by atoms with Crippen LogP contribution < -0.4 is 9.88 Å². The average Bonchev–Trinajstić information content (AvgIpc) is 2.85. The Morgan fingerprint density at radius 3 is 2.33 bits per heavy atom. The van der Waals surface area contributed by atoms with Crippen molar-refractivity contribution in [3.63, 3.8) is 0 Å². The van der Waals surface area contributed by atoms with E-state index in [2.05, 4.69) is 19.1 Å². The summed E-state index contributed by atoms with van der Waals surface area (Å²) in [6.07, 6.45) is 6.03. The number of hydrogen-bond donors (Lipinski definition) is 1. The Morgan fingerprint density at radius 1 is 1.19 bits per heavy atom. The molecule has 4 nitrogen and oxygen atoms in total. The van der Waals surface area contributed by atoms with Crippen LogP contribution in [0.3, 0.4) is 0 Å². The zero-order valence-electron chi connectivity index (χ0n) is 12.7. The van der Waals surface area contributed by atoms with E-state index in [9.17, 15) is 8.42 Å². The Kier molecular flexibility index (Phi) is 5.27. The highest BCUT2D eigenvalue weighted by atomic mass is 32.2. The molecule has 21 heavy (non-hydrogen) atoms. The van der Waals surface area contributed by atoms with Gasteiger partial charge in [-0.05, 0) is 37.0 Å². The maximum atomic E-state index is 11.4. The van der Waals surface area contributed by atoms with Crippen LogP contribution in [-0.2, 0) is 16.4 Å². The van der Waals surface area contributed by atoms with Gasteiger partial charge in [-0.1, -0.05) is 38.3 Å². The lowest BCUT2D eigenvalue weighted by Crippen LogP contribution is -2.36. The van der Waals surface area contributed by atoms with E-state index in [0.29, 0.717) is 6.61 Å². The molecule has 0 heterocycles. The molecule has 2 rings (SSSR count). The van der Waals surface area contributed by atoms with Gasteiger partial charge in [-0.2, -0.15) is 0 Å². The molecule has 0 saturated heterocycles. The average molecular weight is 311 g/mol. The Balaban J connectivity index is 1.98. The van der Waals surface area contributed by atoms with E-state index in [1.54, 1.807) is 0 Å². The van der Waals surface area contributed by atoms with Crippen molar-refractivity contribution in [3.8, 4) is 5.75 Å². The quantitative estimate of drug-likeness (QED) is 0.842.